The highest BCUT2D eigenvalue weighted by molar-refractivity contribution is 6.30. The Hall–Kier alpha value is -1.33. The second-order valence-electron chi connectivity index (χ2n) is 6.02. The number of piperidine rings is 1. The second kappa shape index (κ2) is 5.46. The standard InChI is InChI=1S/C15H20ClN5/c16-11-6-7-14-18-15(19-21(14)10-11)20-9-2-1-5-13(20)12-4-3-8-17-12/h6-7,10,12-13,17H,1-5,8-9H2. The van der Waals surface area contributed by atoms with E-state index in [2.05, 4.69) is 15.3 Å². The summed E-state index contributed by atoms with van der Waals surface area (Å²) in [6.07, 6.45) is 8.12. The van der Waals surface area contributed by atoms with E-state index in [1.807, 2.05) is 18.3 Å². The number of anilines is 1. The largest absolute Gasteiger partial charge is 0.335 e. The molecule has 2 fully saturated rings. The molecule has 1 N–H and O–H groups in total. The van der Waals surface area contributed by atoms with Crippen LogP contribution in [0.3, 0.4) is 0 Å². The third-order valence-electron chi connectivity index (χ3n) is 4.65. The van der Waals surface area contributed by atoms with Gasteiger partial charge < -0.3 is 10.2 Å². The quantitative estimate of drug-likeness (QED) is 0.926. The van der Waals surface area contributed by atoms with E-state index in [-0.39, 0.29) is 0 Å². The molecule has 6 heteroatoms. The van der Waals surface area contributed by atoms with Crippen molar-refractivity contribution in [3.63, 3.8) is 0 Å². The van der Waals surface area contributed by atoms with E-state index in [1.165, 1.54) is 32.1 Å². The van der Waals surface area contributed by atoms with E-state index in [0.717, 1.165) is 24.7 Å². The Kier molecular flexibility index (Phi) is 3.47. The highest BCUT2D eigenvalue weighted by atomic mass is 35.5. The molecule has 0 amide bonds. The van der Waals surface area contributed by atoms with E-state index in [9.17, 15) is 0 Å². The van der Waals surface area contributed by atoms with Crippen molar-refractivity contribution in [1.82, 2.24) is 19.9 Å². The SMILES string of the molecule is Clc1ccc2nc(N3CCCCC3C3CCCN3)nn2c1. The van der Waals surface area contributed by atoms with Crippen molar-refractivity contribution in [2.45, 2.75) is 44.2 Å². The van der Waals surface area contributed by atoms with Gasteiger partial charge in [0.25, 0.3) is 0 Å². The third kappa shape index (κ3) is 2.49. The molecule has 5 nitrogen and oxygen atoms in total. The lowest BCUT2D eigenvalue weighted by Crippen LogP contribution is -2.50. The zero-order valence-electron chi connectivity index (χ0n) is 12.0. The van der Waals surface area contributed by atoms with Gasteiger partial charge in [0.2, 0.25) is 5.95 Å². The van der Waals surface area contributed by atoms with Gasteiger partial charge in [-0.15, -0.1) is 5.10 Å². The highest BCUT2D eigenvalue weighted by Gasteiger charge is 2.33. The van der Waals surface area contributed by atoms with Crippen LogP contribution >= 0.6 is 11.6 Å². The maximum absolute atomic E-state index is 6.03. The first-order valence-electron chi connectivity index (χ1n) is 7.83. The Labute approximate surface area is 129 Å². The lowest BCUT2D eigenvalue weighted by molar-refractivity contribution is 0.374. The fourth-order valence-electron chi connectivity index (χ4n) is 3.63. The number of pyridine rings is 1. The molecule has 0 spiro atoms. The molecule has 0 saturated carbocycles. The molecule has 2 atom stereocenters. The van der Waals surface area contributed by atoms with Gasteiger partial charge in [-0.1, -0.05) is 11.6 Å². The van der Waals surface area contributed by atoms with Crippen molar-refractivity contribution >= 4 is 23.2 Å². The molecular formula is C15H20ClN5. The first-order valence-corrected chi connectivity index (χ1v) is 8.21. The molecule has 0 aromatic carbocycles. The Morgan fingerprint density at radius 3 is 3.00 bits per heavy atom. The van der Waals surface area contributed by atoms with Crippen molar-refractivity contribution in [2.24, 2.45) is 0 Å². The van der Waals surface area contributed by atoms with Crippen LogP contribution in [-0.4, -0.2) is 39.8 Å². The van der Waals surface area contributed by atoms with E-state index in [4.69, 9.17) is 16.6 Å². The summed E-state index contributed by atoms with van der Waals surface area (Å²) in [6, 6.07) is 4.89. The maximum atomic E-state index is 6.03. The molecular weight excluding hydrogens is 286 g/mol. The van der Waals surface area contributed by atoms with Gasteiger partial charge in [-0.25, -0.2) is 4.52 Å². The molecule has 4 rings (SSSR count). The first kappa shape index (κ1) is 13.3. The summed E-state index contributed by atoms with van der Waals surface area (Å²) in [5, 5.41) is 8.97. The van der Waals surface area contributed by atoms with Crippen molar-refractivity contribution < 1.29 is 0 Å². The Morgan fingerprint density at radius 2 is 2.14 bits per heavy atom. The van der Waals surface area contributed by atoms with Crippen molar-refractivity contribution in [3.8, 4) is 0 Å². The molecule has 0 radical (unpaired) electrons. The highest BCUT2D eigenvalue weighted by Crippen LogP contribution is 2.27. The molecule has 2 unspecified atom stereocenters. The molecule has 112 valence electrons. The van der Waals surface area contributed by atoms with Gasteiger partial charge >= 0.3 is 0 Å². The van der Waals surface area contributed by atoms with Gasteiger partial charge in [0.1, 0.15) is 0 Å². The first-order chi connectivity index (χ1) is 10.3. The van der Waals surface area contributed by atoms with Crippen LogP contribution in [-0.2, 0) is 0 Å². The Morgan fingerprint density at radius 1 is 1.19 bits per heavy atom. The average Bonchev–Trinajstić information content (AvgIpc) is 3.16. The van der Waals surface area contributed by atoms with E-state index in [0.29, 0.717) is 17.1 Å². The zero-order valence-corrected chi connectivity index (χ0v) is 12.8. The Balaban J connectivity index is 1.67. The van der Waals surface area contributed by atoms with Crippen molar-refractivity contribution in [1.29, 1.82) is 0 Å². The van der Waals surface area contributed by atoms with Crippen LogP contribution in [0.4, 0.5) is 5.95 Å². The topological polar surface area (TPSA) is 45.5 Å². The van der Waals surface area contributed by atoms with Crippen LogP contribution in [0.5, 0.6) is 0 Å². The molecule has 2 saturated heterocycles. The van der Waals surface area contributed by atoms with Gasteiger partial charge in [-0.3, -0.25) is 0 Å². The molecule has 2 aliphatic rings. The van der Waals surface area contributed by atoms with Crippen molar-refractivity contribution in [2.75, 3.05) is 18.0 Å². The number of hydrogen-bond donors (Lipinski definition) is 1. The minimum Gasteiger partial charge on any atom is -0.335 e. The van der Waals surface area contributed by atoms with Gasteiger partial charge in [0.05, 0.1) is 5.02 Å². The summed E-state index contributed by atoms with van der Waals surface area (Å²) in [7, 11) is 0. The fourth-order valence-corrected chi connectivity index (χ4v) is 3.79. The summed E-state index contributed by atoms with van der Waals surface area (Å²) in [5.74, 6) is 0.843. The predicted octanol–water partition coefficient (Wildman–Crippen LogP) is 2.49. The lowest BCUT2D eigenvalue weighted by Gasteiger charge is -2.38. The van der Waals surface area contributed by atoms with Crippen LogP contribution < -0.4 is 10.2 Å². The van der Waals surface area contributed by atoms with Crippen molar-refractivity contribution in [3.05, 3.63) is 23.4 Å². The summed E-state index contributed by atoms with van der Waals surface area (Å²) in [6.45, 7) is 2.19. The van der Waals surface area contributed by atoms with Crippen LogP contribution in [0, 0.1) is 0 Å². The zero-order chi connectivity index (χ0) is 14.2. The molecule has 0 bridgehead atoms. The molecule has 0 aliphatic carbocycles. The smallest absolute Gasteiger partial charge is 0.245 e. The van der Waals surface area contributed by atoms with E-state index >= 15 is 0 Å². The van der Waals surface area contributed by atoms with Gasteiger partial charge in [0, 0.05) is 24.8 Å². The fraction of sp³-hybridized carbons (Fsp3) is 0.600. The lowest BCUT2D eigenvalue weighted by atomic mass is 9.95. The summed E-state index contributed by atoms with van der Waals surface area (Å²) < 4.78 is 1.78. The van der Waals surface area contributed by atoms with Gasteiger partial charge in [0.15, 0.2) is 5.65 Å². The molecule has 4 heterocycles. The summed E-state index contributed by atoms with van der Waals surface area (Å²) in [4.78, 5) is 7.09. The summed E-state index contributed by atoms with van der Waals surface area (Å²) in [5.41, 5.74) is 0.859. The summed E-state index contributed by atoms with van der Waals surface area (Å²) >= 11 is 6.03. The van der Waals surface area contributed by atoms with E-state index < -0.39 is 0 Å². The average molecular weight is 306 g/mol. The number of rotatable bonds is 2. The minimum atomic E-state index is 0.522. The number of nitrogens with one attached hydrogen (secondary N) is 1. The van der Waals surface area contributed by atoms with E-state index in [1.54, 1.807) is 4.52 Å². The predicted molar refractivity (Wildman–Crippen MR) is 84.0 cm³/mol. The van der Waals surface area contributed by atoms with Crippen LogP contribution in [0.15, 0.2) is 18.3 Å². The number of halogens is 1. The molecule has 2 aliphatic heterocycles. The normalized spacial score (nSPS) is 26.6. The molecule has 21 heavy (non-hydrogen) atoms. The number of aromatic nitrogens is 3. The molecule has 2 aromatic heterocycles. The van der Waals surface area contributed by atoms with Gasteiger partial charge in [-0.05, 0) is 50.8 Å². The number of fused-ring (bicyclic) bond motifs is 1. The van der Waals surface area contributed by atoms with Crippen LogP contribution in [0.1, 0.15) is 32.1 Å². The number of hydrogen-bond acceptors (Lipinski definition) is 4. The molecule has 2 aromatic rings. The van der Waals surface area contributed by atoms with Gasteiger partial charge in [-0.2, -0.15) is 4.98 Å². The van der Waals surface area contributed by atoms with Crippen LogP contribution in [0.2, 0.25) is 5.02 Å². The minimum absolute atomic E-state index is 0.522. The second-order valence-corrected chi connectivity index (χ2v) is 6.46. The monoisotopic (exact) mass is 305 g/mol. The Bertz CT molecular complexity index is 634. The third-order valence-corrected chi connectivity index (χ3v) is 4.88. The van der Waals surface area contributed by atoms with Crippen LogP contribution in [0.25, 0.3) is 5.65 Å². The number of nitrogens with zero attached hydrogens (tertiary/aromatic N) is 4. The maximum Gasteiger partial charge on any atom is 0.245 e.